The number of nitrogens with zero attached hydrogens (tertiary/aromatic N) is 3. The van der Waals surface area contributed by atoms with Gasteiger partial charge in [-0.25, -0.2) is 9.78 Å². The third kappa shape index (κ3) is 4.82. The number of rotatable bonds is 5. The lowest BCUT2D eigenvalue weighted by Crippen LogP contribution is -2.30. The molecule has 29 heavy (non-hydrogen) atoms. The zero-order valence-electron chi connectivity index (χ0n) is 14.7. The SMILES string of the molecule is CCOC(=O)c1csc(-n2nc(-c3ccc(Br)cc3)cc2NC(=O)C(F)(F)F)n1. The number of alkyl halides is 3. The van der Waals surface area contributed by atoms with Crippen LogP contribution in [0.15, 0.2) is 40.2 Å². The molecule has 3 aromatic rings. The van der Waals surface area contributed by atoms with Gasteiger partial charge in [0.05, 0.1) is 12.3 Å². The number of thiazole rings is 1. The Hall–Kier alpha value is -2.73. The van der Waals surface area contributed by atoms with Gasteiger partial charge in [0.15, 0.2) is 5.69 Å². The summed E-state index contributed by atoms with van der Waals surface area (Å²) in [5.74, 6) is -3.06. The monoisotopic (exact) mass is 488 g/mol. The van der Waals surface area contributed by atoms with E-state index in [1.165, 1.54) is 11.4 Å². The standard InChI is InChI=1S/C17H12BrF3N4O3S/c1-2-28-14(26)12-8-29-16(22-12)25-13(23-15(27)17(19,20)21)7-11(24-25)9-3-5-10(18)6-4-9/h3-8H,2H2,1H3,(H,23,27). The molecule has 0 saturated heterocycles. The zero-order valence-corrected chi connectivity index (χ0v) is 17.1. The molecule has 0 aliphatic carbocycles. The molecular formula is C17H12BrF3N4O3S. The molecule has 1 aromatic carbocycles. The van der Waals surface area contributed by atoms with Crippen molar-refractivity contribution < 1.29 is 27.5 Å². The van der Waals surface area contributed by atoms with E-state index in [1.807, 2.05) is 0 Å². The molecule has 0 saturated carbocycles. The summed E-state index contributed by atoms with van der Waals surface area (Å²) in [7, 11) is 0. The highest BCUT2D eigenvalue weighted by Crippen LogP contribution is 2.28. The fourth-order valence-electron chi connectivity index (χ4n) is 2.23. The molecule has 2 aromatic heterocycles. The van der Waals surface area contributed by atoms with Crippen LogP contribution in [-0.2, 0) is 9.53 Å². The summed E-state index contributed by atoms with van der Waals surface area (Å²) in [6, 6.07) is 8.18. The van der Waals surface area contributed by atoms with Crippen LogP contribution in [0.1, 0.15) is 17.4 Å². The molecule has 12 heteroatoms. The van der Waals surface area contributed by atoms with E-state index in [0.29, 0.717) is 11.3 Å². The summed E-state index contributed by atoms with van der Waals surface area (Å²) in [4.78, 5) is 27.3. The van der Waals surface area contributed by atoms with Gasteiger partial charge in [-0.3, -0.25) is 4.79 Å². The van der Waals surface area contributed by atoms with Crippen molar-refractivity contribution >= 4 is 45.0 Å². The van der Waals surface area contributed by atoms with Crippen molar-refractivity contribution in [1.82, 2.24) is 14.8 Å². The van der Waals surface area contributed by atoms with Crippen molar-refractivity contribution in [2.75, 3.05) is 11.9 Å². The van der Waals surface area contributed by atoms with Crippen LogP contribution in [0.2, 0.25) is 0 Å². The number of ether oxygens (including phenoxy) is 1. The van der Waals surface area contributed by atoms with Crippen LogP contribution in [0.5, 0.6) is 0 Å². The number of halogens is 4. The molecule has 0 spiro atoms. The lowest BCUT2D eigenvalue weighted by Gasteiger charge is -2.08. The number of esters is 1. The maximum absolute atomic E-state index is 12.7. The van der Waals surface area contributed by atoms with Crippen LogP contribution >= 0.6 is 27.3 Å². The number of nitrogens with one attached hydrogen (secondary N) is 1. The molecule has 152 valence electrons. The lowest BCUT2D eigenvalue weighted by molar-refractivity contribution is -0.167. The Morgan fingerprint density at radius 3 is 2.59 bits per heavy atom. The maximum atomic E-state index is 12.7. The van der Waals surface area contributed by atoms with Gasteiger partial charge in [0.2, 0.25) is 5.13 Å². The van der Waals surface area contributed by atoms with Crippen molar-refractivity contribution in [2.24, 2.45) is 0 Å². The van der Waals surface area contributed by atoms with Crippen molar-refractivity contribution in [3.63, 3.8) is 0 Å². The van der Waals surface area contributed by atoms with Gasteiger partial charge in [-0.15, -0.1) is 11.3 Å². The normalized spacial score (nSPS) is 11.3. The third-order valence-electron chi connectivity index (χ3n) is 3.51. The van der Waals surface area contributed by atoms with Gasteiger partial charge in [0, 0.05) is 21.5 Å². The van der Waals surface area contributed by atoms with Gasteiger partial charge >= 0.3 is 18.1 Å². The van der Waals surface area contributed by atoms with E-state index in [-0.39, 0.29) is 23.3 Å². The molecule has 0 bridgehead atoms. The van der Waals surface area contributed by atoms with E-state index < -0.39 is 18.1 Å². The quantitative estimate of drug-likeness (QED) is 0.536. The van der Waals surface area contributed by atoms with Crippen molar-refractivity contribution in [3.8, 4) is 16.4 Å². The Balaban J connectivity index is 2.03. The second-order valence-corrected chi connectivity index (χ2v) is 7.27. The first-order valence-electron chi connectivity index (χ1n) is 8.06. The van der Waals surface area contributed by atoms with E-state index in [1.54, 1.807) is 36.5 Å². The van der Waals surface area contributed by atoms with E-state index in [2.05, 4.69) is 26.0 Å². The predicted molar refractivity (Wildman–Crippen MR) is 103 cm³/mol. The molecule has 0 atom stereocenters. The molecule has 0 radical (unpaired) electrons. The van der Waals surface area contributed by atoms with Gasteiger partial charge < -0.3 is 10.1 Å². The van der Waals surface area contributed by atoms with Gasteiger partial charge in [-0.2, -0.15) is 23.0 Å². The number of benzene rings is 1. The number of carbonyl (C=O) groups is 2. The van der Waals surface area contributed by atoms with Gasteiger partial charge in [-0.1, -0.05) is 28.1 Å². The van der Waals surface area contributed by atoms with Crippen molar-refractivity contribution in [2.45, 2.75) is 13.1 Å². The van der Waals surface area contributed by atoms with Crippen LogP contribution in [0.3, 0.4) is 0 Å². The molecule has 7 nitrogen and oxygen atoms in total. The fourth-order valence-corrected chi connectivity index (χ4v) is 3.25. The smallest absolute Gasteiger partial charge is 0.461 e. The average Bonchev–Trinajstić information content (AvgIpc) is 3.29. The molecule has 1 N–H and O–H groups in total. The second kappa shape index (κ2) is 8.33. The number of hydrogen-bond acceptors (Lipinski definition) is 6. The van der Waals surface area contributed by atoms with Gasteiger partial charge in [-0.05, 0) is 19.1 Å². The van der Waals surface area contributed by atoms with Crippen LogP contribution in [0.25, 0.3) is 16.4 Å². The highest BCUT2D eigenvalue weighted by atomic mass is 79.9. The minimum absolute atomic E-state index is 0.0133. The topological polar surface area (TPSA) is 86.1 Å². The summed E-state index contributed by atoms with van der Waals surface area (Å²) < 4.78 is 44.9. The van der Waals surface area contributed by atoms with E-state index >= 15 is 0 Å². The van der Waals surface area contributed by atoms with E-state index in [0.717, 1.165) is 20.5 Å². The third-order valence-corrected chi connectivity index (χ3v) is 4.85. The minimum atomic E-state index is -5.08. The Bertz CT molecular complexity index is 1050. The number of hydrogen-bond donors (Lipinski definition) is 1. The van der Waals surface area contributed by atoms with E-state index in [4.69, 9.17) is 4.74 Å². The fraction of sp³-hybridized carbons (Fsp3) is 0.176. The number of amides is 1. The Morgan fingerprint density at radius 2 is 1.97 bits per heavy atom. The first-order valence-corrected chi connectivity index (χ1v) is 9.73. The van der Waals surface area contributed by atoms with Crippen molar-refractivity contribution in [1.29, 1.82) is 0 Å². The number of carbonyl (C=O) groups excluding carboxylic acids is 2. The molecule has 3 rings (SSSR count). The molecule has 2 heterocycles. The number of anilines is 1. The first kappa shape index (κ1) is 21.0. The minimum Gasteiger partial charge on any atom is -0.461 e. The maximum Gasteiger partial charge on any atom is 0.471 e. The van der Waals surface area contributed by atoms with Crippen LogP contribution in [0.4, 0.5) is 19.0 Å². The molecule has 0 aliphatic rings. The van der Waals surface area contributed by atoms with Crippen LogP contribution < -0.4 is 5.32 Å². The Morgan fingerprint density at radius 1 is 1.28 bits per heavy atom. The van der Waals surface area contributed by atoms with Crippen LogP contribution in [0, 0.1) is 0 Å². The Kier molecular flexibility index (Phi) is 6.03. The summed E-state index contributed by atoms with van der Waals surface area (Å²) >= 11 is 4.26. The summed E-state index contributed by atoms with van der Waals surface area (Å²) in [5.41, 5.74) is 0.903. The molecule has 0 fully saturated rings. The lowest BCUT2D eigenvalue weighted by atomic mass is 10.1. The molecule has 0 unspecified atom stereocenters. The molecule has 0 aliphatic heterocycles. The van der Waals surface area contributed by atoms with Gasteiger partial charge in [0.25, 0.3) is 0 Å². The predicted octanol–water partition coefficient (Wildman–Crippen LogP) is 4.44. The molecule has 1 amide bonds. The summed E-state index contributed by atoms with van der Waals surface area (Å²) in [6.45, 7) is 1.78. The number of aromatic nitrogens is 3. The molecular weight excluding hydrogens is 477 g/mol. The second-order valence-electron chi connectivity index (χ2n) is 5.52. The van der Waals surface area contributed by atoms with Gasteiger partial charge in [0.1, 0.15) is 5.82 Å². The largest absolute Gasteiger partial charge is 0.471 e. The Labute approximate surface area is 174 Å². The summed E-state index contributed by atoms with van der Waals surface area (Å²) in [6.07, 6.45) is -5.08. The average molecular weight is 489 g/mol. The zero-order chi connectivity index (χ0) is 21.2. The highest BCUT2D eigenvalue weighted by Gasteiger charge is 2.39. The summed E-state index contributed by atoms with van der Waals surface area (Å²) in [5, 5.41) is 7.53. The van der Waals surface area contributed by atoms with Crippen LogP contribution in [-0.4, -0.2) is 39.4 Å². The van der Waals surface area contributed by atoms with Crippen molar-refractivity contribution in [3.05, 3.63) is 45.9 Å². The van der Waals surface area contributed by atoms with E-state index in [9.17, 15) is 22.8 Å². The highest BCUT2D eigenvalue weighted by molar-refractivity contribution is 9.10. The first-order chi connectivity index (χ1) is 13.7.